The van der Waals surface area contributed by atoms with Crippen molar-refractivity contribution in [3.8, 4) is 0 Å². The summed E-state index contributed by atoms with van der Waals surface area (Å²) in [4.78, 5) is 14.1. The quantitative estimate of drug-likeness (QED) is 0.547. The van der Waals surface area contributed by atoms with Gasteiger partial charge in [0.25, 0.3) is 5.69 Å². The Morgan fingerprint density at radius 3 is 2.00 bits per heavy atom. The first-order valence-electron chi connectivity index (χ1n) is 8.29. The van der Waals surface area contributed by atoms with Crippen molar-refractivity contribution in [2.45, 2.75) is 10.9 Å². The summed E-state index contributed by atoms with van der Waals surface area (Å²) in [5.74, 6) is 0. The summed E-state index contributed by atoms with van der Waals surface area (Å²) in [6.45, 7) is 0.174. The highest BCUT2D eigenvalue weighted by molar-refractivity contribution is 7.89. The van der Waals surface area contributed by atoms with Crippen molar-refractivity contribution in [1.29, 1.82) is 0 Å². The van der Waals surface area contributed by atoms with Crippen LogP contribution in [0.4, 0.5) is 11.4 Å². The Bertz CT molecular complexity index is 879. The summed E-state index contributed by atoms with van der Waals surface area (Å²) in [6, 6.07) is 12.6. The average Bonchev–Trinajstić information content (AvgIpc) is 2.62. The first-order chi connectivity index (χ1) is 12.6. The third-order valence-corrected chi connectivity index (χ3v) is 5.68. The molecule has 0 unspecified atom stereocenters. The lowest BCUT2D eigenvalue weighted by Crippen LogP contribution is -2.34. The molecular formula is C18H24N4O4S. The van der Waals surface area contributed by atoms with Gasteiger partial charge in [0.15, 0.2) is 0 Å². The number of nitro groups is 1. The van der Waals surface area contributed by atoms with Crippen LogP contribution in [0.2, 0.25) is 0 Å². The molecular weight excluding hydrogens is 368 g/mol. The molecule has 8 nitrogen and oxygen atoms in total. The van der Waals surface area contributed by atoms with E-state index in [2.05, 4.69) is 4.72 Å². The monoisotopic (exact) mass is 392 g/mol. The molecule has 0 heterocycles. The van der Waals surface area contributed by atoms with Gasteiger partial charge in [-0.2, -0.15) is 0 Å². The minimum absolute atomic E-state index is 0.00596. The Balaban J connectivity index is 2.15. The number of non-ortho nitro benzene ring substituents is 1. The number of nitrogens with zero attached hydrogens (tertiary/aromatic N) is 3. The van der Waals surface area contributed by atoms with Crippen molar-refractivity contribution in [3.63, 3.8) is 0 Å². The molecule has 2 rings (SSSR count). The molecule has 0 radical (unpaired) electrons. The minimum atomic E-state index is -3.77. The third kappa shape index (κ3) is 5.25. The normalized spacial score (nSPS) is 12.8. The molecule has 2 aromatic rings. The summed E-state index contributed by atoms with van der Waals surface area (Å²) >= 11 is 0. The van der Waals surface area contributed by atoms with Crippen LogP contribution in [0.5, 0.6) is 0 Å². The number of benzene rings is 2. The molecule has 0 aliphatic carbocycles. The topological polar surface area (TPSA) is 95.8 Å². The van der Waals surface area contributed by atoms with Crippen molar-refractivity contribution < 1.29 is 13.3 Å². The Morgan fingerprint density at radius 1 is 1.00 bits per heavy atom. The van der Waals surface area contributed by atoms with Gasteiger partial charge in [0.05, 0.1) is 9.82 Å². The van der Waals surface area contributed by atoms with Crippen molar-refractivity contribution in [1.82, 2.24) is 9.62 Å². The first kappa shape index (κ1) is 20.8. The second kappa shape index (κ2) is 8.47. The van der Waals surface area contributed by atoms with Crippen LogP contribution in [0.15, 0.2) is 53.4 Å². The van der Waals surface area contributed by atoms with E-state index < -0.39 is 14.9 Å². The Kier molecular flexibility index (Phi) is 6.53. The molecule has 0 bridgehead atoms. The largest absolute Gasteiger partial charge is 0.378 e. The van der Waals surface area contributed by atoms with E-state index in [1.807, 2.05) is 62.3 Å². The van der Waals surface area contributed by atoms with Gasteiger partial charge in [0, 0.05) is 44.5 Å². The lowest BCUT2D eigenvalue weighted by atomic mass is 10.1. The van der Waals surface area contributed by atoms with Crippen LogP contribution in [0.25, 0.3) is 0 Å². The number of sulfonamides is 1. The molecule has 0 amide bonds. The Hall–Kier alpha value is -2.49. The van der Waals surface area contributed by atoms with Gasteiger partial charge in [-0.05, 0) is 43.9 Å². The number of nitrogens with one attached hydrogen (secondary N) is 1. The van der Waals surface area contributed by atoms with Crippen molar-refractivity contribution in [2.75, 3.05) is 39.6 Å². The summed E-state index contributed by atoms with van der Waals surface area (Å²) in [5, 5.41) is 10.7. The first-order valence-corrected chi connectivity index (χ1v) is 9.78. The molecule has 0 saturated heterocycles. The number of anilines is 1. The highest BCUT2D eigenvalue weighted by Gasteiger charge is 2.20. The van der Waals surface area contributed by atoms with Crippen LogP contribution in [0, 0.1) is 10.1 Å². The lowest BCUT2D eigenvalue weighted by molar-refractivity contribution is -0.384. The van der Waals surface area contributed by atoms with E-state index >= 15 is 0 Å². The van der Waals surface area contributed by atoms with Crippen molar-refractivity contribution in [3.05, 3.63) is 64.2 Å². The van der Waals surface area contributed by atoms with E-state index in [1.165, 1.54) is 24.3 Å². The zero-order chi connectivity index (χ0) is 20.2. The van der Waals surface area contributed by atoms with Gasteiger partial charge >= 0.3 is 0 Å². The number of hydrogen-bond donors (Lipinski definition) is 1. The van der Waals surface area contributed by atoms with Crippen LogP contribution in [-0.2, 0) is 10.0 Å². The molecule has 1 atom stereocenters. The van der Waals surface area contributed by atoms with Gasteiger partial charge in [-0.15, -0.1) is 0 Å². The van der Waals surface area contributed by atoms with E-state index in [0.717, 1.165) is 11.3 Å². The van der Waals surface area contributed by atoms with Crippen LogP contribution >= 0.6 is 0 Å². The molecule has 0 saturated carbocycles. The smallest absolute Gasteiger partial charge is 0.269 e. The molecule has 0 aliphatic heterocycles. The molecule has 0 spiro atoms. The van der Waals surface area contributed by atoms with E-state index in [4.69, 9.17) is 0 Å². The molecule has 146 valence electrons. The molecule has 0 fully saturated rings. The molecule has 0 aromatic heterocycles. The average molecular weight is 392 g/mol. The molecule has 0 aliphatic rings. The second-order valence-corrected chi connectivity index (χ2v) is 8.34. The zero-order valence-electron chi connectivity index (χ0n) is 15.8. The van der Waals surface area contributed by atoms with Gasteiger partial charge in [-0.25, -0.2) is 13.1 Å². The predicted molar refractivity (Wildman–Crippen MR) is 105 cm³/mol. The third-order valence-electron chi connectivity index (χ3n) is 4.24. The van der Waals surface area contributed by atoms with Gasteiger partial charge in [-0.1, -0.05) is 12.1 Å². The number of hydrogen-bond acceptors (Lipinski definition) is 6. The predicted octanol–water partition coefficient (Wildman–Crippen LogP) is 2.24. The van der Waals surface area contributed by atoms with E-state index in [0.29, 0.717) is 0 Å². The summed E-state index contributed by atoms with van der Waals surface area (Å²) in [5.41, 5.74) is 1.89. The van der Waals surface area contributed by atoms with Crippen molar-refractivity contribution >= 4 is 21.4 Å². The Morgan fingerprint density at radius 2 is 1.56 bits per heavy atom. The molecule has 9 heteroatoms. The van der Waals surface area contributed by atoms with E-state index in [9.17, 15) is 18.5 Å². The number of nitro benzene ring substituents is 1. The summed E-state index contributed by atoms with van der Waals surface area (Å²) < 4.78 is 27.6. The fourth-order valence-corrected chi connectivity index (χ4v) is 3.65. The fraction of sp³-hybridized carbons (Fsp3) is 0.333. The van der Waals surface area contributed by atoms with Crippen LogP contribution in [0.3, 0.4) is 0 Å². The van der Waals surface area contributed by atoms with E-state index in [1.54, 1.807) is 0 Å². The maximum atomic E-state index is 12.5. The maximum absolute atomic E-state index is 12.5. The standard InChI is InChI=1S/C18H24N4O4S/c1-20(2)15-7-5-14(6-8-15)18(21(3)4)13-19-27(25,26)17-11-9-16(10-12-17)22(23)24/h5-12,18-19H,13H2,1-4H3/t18-/m1/s1. The van der Waals surface area contributed by atoms with Gasteiger partial charge in [0.2, 0.25) is 10.0 Å². The summed E-state index contributed by atoms with van der Waals surface area (Å²) in [6.07, 6.45) is 0. The zero-order valence-corrected chi connectivity index (χ0v) is 16.6. The lowest BCUT2D eigenvalue weighted by Gasteiger charge is -2.25. The van der Waals surface area contributed by atoms with Gasteiger partial charge in [0.1, 0.15) is 0 Å². The van der Waals surface area contributed by atoms with E-state index in [-0.39, 0.29) is 23.2 Å². The molecule has 27 heavy (non-hydrogen) atoms. The second-order valence-electron chi connectivity index (χ2n) is 6.57. The minimum Gasteiger partial charge on any atom is -0.378 e. The van der Waals surface area contributed by atoms with Crippen LogP contribution in [0.1, 0.15) is 11.6 Å². The van der Waals surface area contributed by atoms with Gasteiger partial charge in [-0.3, -0.25) is 10.1 Å². The van der Waals surface area contributed by atoms with Crippen LogP contribution in [-0.4, -0.2) is 53.0 Å². The summed E-state index contributed by atoms with van der Waals surface area (Å²) in [7, 11) is 3.90. The highest BCUT2D eigenvalue weighted by atomic mass is 32.2. The van der Waals surface area contributed by atoms with Crippen LogP contribution < -0.4 is 9.62 Å². The maximum Gasteiger partial charge on any atom is 0.269 e. The molecule has 2 aromatic carbocycles. The fourth-order valence-electron chi connectivity index (χ4n) is 2.61. The SMILES string of the molecule is CN(C)c1ccc([C@@H](CNS(=O)(=O)c2ccc([N+](=O)[O-])cc2)N(C)C)cc1. The van der Waals surface area contributed by atoms with Crippen molar-refractivity contribution in [2.24, 2.45) is 0 Å². The molecule has 1 N–H and O–H groups in total. The number of rotatable bonds is 8. The van der Waals surface area contributed by atoms with Gasteiger partial charge < -0.3 is 9.80 Å². The highest BCUT2D eigenvalue weighted by Crippen LogP contribution is 2.22. The Labute approximate surface area is 159 Å². The number of likely N-dealkylation sites (N-methyl/N-ethyl adjacent to an activating group) is 1.